The van der Waals surface area contributed by atoms with Crippen LogP contribution in [0.15, 0.2) is 0 Å². The largest absolute Gasteiger partial charge is 0.385 e. The monoisotopic (exact) mass is 270 g/mol. The highest BCUT2D eigenvalue weighted by molar-refractivity contribution is 4.87. The van der Waals surface area contributed by atoms with E-state index in [2.05, 4.69) is 31.4 Å². The first-order valence-corrected chi connectivity index (χ1v) is 7.94. The molecule has 0 saturated carbocycles. The number of nitrogens with one attached hydrogen (secondary N) is 2. The van der Waals surface area contributed by atoms with Gasteiger partial charge in [-0.25, -0.2) is 0 Å². The van der Waals surface area contributed by atoms with Crippen LogP contribution in [0.2, 0.25) is 0 Å². The number of rotatable bonds is 9. The Balaban J connectivity index is 2.35. The molecule has 1 aliphatic rings. The van der Waals surface area contributed by atoms with Gasteiger partial charge in [-0.05, 0) is 49.6 Å². The average Bonchev–Trinajstić information content (AvgIpc) is 2.38. The van der Waals surface area contributed by atoms with Crippen molar-refractivity contribution < 1.29 is 4.74 Å². The third-order valence-corrected chi connectivity index (χ3v) is 4.53. The molecule has 0 spiro atoms. The molecule has 3 heteroatoms. The second kappa shape index (κ2) is 8.23. The van der Waals surface area contributed by atoms with Crippen LogP contribution in [0.25, 0.3) is 0 Å². The van der Waals surface area contributed by atoms with Gasteiger partial charge in [0.25, 0.3) is 0 Å². The minimum atomic E-state index is 0.330. The highest BCUT2D eigenvalue weighted by Crippen LogP contribution is 2.33. The van der Waals surface area contributed by atoms with E-state index in [0.29, 0.717) is 10.8 Å². The van der Waals surface area contributed by atoms with E-state index in [-0.39, 0.29) is 0 Å². The molecule has 19 heavy (non-hydrogen) atoms. The molecule has 0 amide bonds. The highest BCUT2D eigenvalue weighted by Gasteiger charge is 2.31. The molecular formula is C16H34N2O. The zero-order valence-corrected chi connectivity index (χ0v) is 13.5. The van der Waals surface area contributed by atoms with E-state index in [9.17, 15) is 0 Å². The number of methoxy groups -OCH3 is 1. The van der Waals surface area contributed by atoms with Crippen molar-refractivity contribution in [3.8, 4) is 0 Å². The molecule has 0 unspecified atom stereocenters. The van der Waals surface area contributed by atoms with Crippen LogP contribution in [0.5, 0.6) is 0 Å². The molecular weight excluding hydrogens is 236 g/mol. The van der Waals surface area contributed by atoms with Gasteiger partial charge in [-0.3, -0.25) is 0 Å². The lowest BCUT2D eigenvalue weighted by molar-refractivity contribution is 0.138. The first-order chi connectivity index (χ1) is 9.04. The first kappa shape index (κ1) is 16.9. The summed E-state index contributed by atoms with van der Waals surface area (Å²) >= 11 is 0. The molecule has 1 fully saturated rings. The molecule has 0 radical (unpaired) electrons. The van der Waals surface area contributed by atoms with E-state index >= 15 is 0 Å². The molecule has 0 bridgehead atoms. The lowest BCUT2D eigenvalue weighted by Crippen LogP contribution is -2.45. The predicted octanol–water partition coefficient (Wildman–Crippen LogP) is 2.81. The molecule has 1 heterocycles. The van der Waals surface area contributed by atoms with Crippen molar-refractivity contribution in [1.82, 2.24) is 10.6 Å². The Labute approximate surface area is 119 Å². The Kier molecular flexibility index (Phi) is 7.33. The van der Waals surface area contributed by atoms with Crippen molar-refractivity contribution in [1.29, 1.82) is 0 Å². The summed E-state index contributed by atoms with van der Waals surface area (Å²) in [5.41, 5.74) is 0.869. The van der Waals surface area contributed by atoms with E-state index in [1.54, 1.807) is 7.11 Å². The van der Waals surface area contributed by atoms with Gasteiger partial charge in [-0.2, -0.15) is 0 Å². The van der Waals surface area contributed by atoms with Crippen LogP contribution in [-0.4, -0.2) is 39.9 Å². The summed E-state index contributed by atoms with van der Waals surface area (Å²) in [6.07, 6.45) is 6.44. The van der Waals surface area contributed by atoms with Crippen LogP contribution in [-0.2, 0) is 4.74 Å². The molecule has 0 aromatic rings. The fraction of sp³-hybridized carbons (Fsp3) is 1.00. The van der Waals surface area contributed by atoms with Crippen LogP contribution in [0.3, 0.4) is 0 Å². The second-order valence-electron chi connectivity index (χ2n) is 7.01. The second-order valence-corrected chi connectivity index (χ2v) is 7.01. The fourth-order valence-corrected chi connectivity index (χ4v) is 3.14. The maximum Gasteiger partial charge on any atom is 0.0467 e. The minimum Gasteiger partial charge on any atom is -0.385 e. The van der Waals surface area contributed by atoms with Crippen molar-refractivity contribution in [3.05, 3.63) is 0 Å². The Morgan fingerprint density at radius 2 is 1.95 bits per heavy atom. The summed E-state index contributed by atoms with van der Waals surface area (Å²) in [6, 6.07) is 0. The van der Waals surface area contributed by atoms with Crippen molar-refractivity contribution in [2.45, 2.75) is 52.9 Å². The van der Waals surface area contributed by atoms with Gasteiger partial charge in [-0.15, -0.1) is 0 Å². The fourth-order valence-electron chi connectivity index (χ4n) is 3.14. The number of hydrogen-bond acceptors (Lipinski definition) is 3. The standard InChI is InChI=1S/C16H34N2O/c1-5-6-16(7-10-17-11-8-16)14-18-13-15(2,3)9-12-19-4/h17-18H,5-14H2,1-4H3. The van der Waals surface area contributed by atoms with Gasteiger partial charge in [0.15, 0.2) is 0 Å². The minimum absolute atomic E-state index is 0.330. The van der Waals surface area contributed by atoms with Crippen LogP contribution >= 0.6 is 0 Å². The molecule has 1 saturated heterocycles. The van der Waals surface area contributed by atoms with Crippen molar-refractivity contribution in [2.24, 2.45) is 10.8 Å². The third-order valence-electron chi connectivity index (χ3n) is 4.53. The molecule has 0 atom stereocenters. The molecule has 0 aromatic heterocycles. The normalized spacial score (nSPS) is 19.6. The molecule has 0 aromatic carbocycles. The summed E-state index contributed by atoms with van der Waals surface area (Å²) in [7, 11) is 1.79. The summed E-state index contributed by atoms with van der Waals surface area (Å²) < 4.78 is 5.20. The van der Waals surface area contributed by atoms with Gasteiger partial charge in [0, 0.05) is 26.8 Å². The van der Waals surface area contributed by atoms with E-state index in [4.69, 9.17) is 4.74 Å². The molecule has 1 rings (SSSR count). The molecule has 114 valence electrons. The summed E-state index contributed by atoms with van der Waals surface area (Å²) in [5, 5.41) is 7.23. The average molecular weight is 270 g/mol. The molecule has 1 aliphatic heterocycles. The number of ether oxygens (including phenoxy) is 1. The Bertz CT molecular complexity index is 229. The van der Waals surface area contributed by atoms with Gasteiger partial charge in [0.2, 0.25) is 0 Å². The van der Waals surface area contributed by atoms with E-state index in [1.807, 2.05) is 0 Å². The quantitative estimate of drug-likeness (QED) is 0.676. The van der Waals surface area contributed by atoms with Crippen LogP contribution in [0, 0.1) is 10.8 Å². The Hall–Kier alpha value is -0.120. The summed E-state index contributed by atoms with van der Waals surface area (Å²) in [6.45, 7) is 12.5. The summed E-state index contributed by atoms with van der Waals surface area (Å²) in [4.78, 5) is 0. The van der Waals surface area contributed by atoms with Gasteiger partial charge in [-0.1, -0.05) is 27.2 Å². The zero-order chi connectivity index (χ0) is 14.2. The van der Waals surface area contributed by atoms with E-state index < -0.39 is 0 Å². The lowest BCUT2D eigenvalue weighted by atomic mass is 9.75. The summed E-state index contributed by atoms with van der Waals surface area (Å²) in [5.74, 6) is 0. The van der Waals surface area contributed by atoms with E-state index in [1.165, 1.54) is 45.3 Å². The lowest BCUT2D eigenvalue weighted by Gasteiger charge is -2.39. The Morgan fingerprint density at radius 3 is 2.53 bits per heavy atom. The predicted molar refractivity (Wildman–Crippen MR) is 82.6 cm³/mol. The van der Waals surface area contributed by atoms with Gasteiger partial charge < -0.3 is 15.4 Å². The van der Waals surface area contributed by atoms with Crippen LogP contribution < -0.4 is 10.6 Å². The van der Waals surface area contributed by atoms with Crippen molar-refractivity contribution in [2.75, 3.05) is 39.9 Å². The topological polar surface area (TPSA) is 33.3 Å². The zero-order valence-electron chi connectivity index (χ0n) is 13.5. The van der Waals surface area contributed by atoms with Crippen LogP contribution in [0.1, 0.15) is 52.9 Å². The molecule has 2 N–H and O–H groups in total. The smallest absolute Gasteiger partial charge is 0.0467 e. The molecule has 0 aliphatic carbocycles. The van der Waals surface area contributed by atoms with Gasteiger partial charge in [0.1, 0.15) is 0 Å². The third kappa shape index (κ3) is 6.24. The molecule has 3 nitrogen and oxygen atoms in total. The SMILES string of the molecule is CCCC1(CNCC(C)(C)CCOC)CCNCC1. The van der Waals surface area contributed by atoms with Crippen molar-refractivity contribution in [3.63, 3.8) is 0 Å². The van der Waals surface area contributed by atoms with Gasteiger partial charge >= 0.3 is 0 Å². The van der Waals surface area contributed by atoms with Gasteiger partial charge in [0.05, 0.1) is 0 Å². The number of piperidine rings is 1. The number of hydrogen-bond donors (Lipinski definition) is 2. The Morgan fingerprint density at radius 1 is 1.26 bits per heavy atom. The van der Waals surface area contributed by atoms with Crippen LogP contribution in [0.4, 0.5) is 0 Å². The maximum atomic E-state index is 5.20. The van der Waals surface area contributed by atoms with Crippen molar-refractivity contribution >= 4 is 0 Å². The highest BCUT2D eigenvalue weighted by atomic mass is 16.5. The maximum absolute atomic E-state index is 5.20. The van der Waals surface area contributed by atoms with E-state index in [0.717, 1.165) is 19.6 Å². The first-order valence-electron chi connectivity index (χ1n) is 7.94.